The average Bonchev–Trinajstić information content (AvgIpc) is 2.40. The Kier molecular flexibility index (Phi) is 4.77. The second-order valence-electron chi connectivity index (χ2n) is 4.64. The largest absolute Gasteiger partial charge is 0.314 e. The lowest BCUT2D eigenvalue weighted by molar-refractivity contribution is 0.258. The third-order valence-electron chi connectivity index (χ3n) is 3.32. The summed E-state index contributed by atoms with van der Waals surface area (Å²) in [7, 11) is 0. The molecular weight excluding hydrogens is 208 g/mol. The van der Waals surface area contributed by atoms with Crippen LogP contribution in [0, 0.1) is 0 Å². The van der Waals surface area contributed by atoms with Crippen LogP contribution in [0.25, 0.3) is 0 Å². The van der Waals surface area contributed by atoms with Gasteiger partial charge in [-0.1, -0.05) is 42.0 Å². The number of piperazine rings is 1. The lowest BCUT2D eigenvalue weighted by Gasteiger charge is -2.28. The molecule has 0 unspecified atom stereocenters. The smallest absolute Gasteiger partial charge is 0.0197 e. The third-order valence-corrected chi connectivity index (χ3v) is 3.32. The number of nitrogens with one attached hydrogen (secondary N) is 1. The highest BCUT2D eigenvalue weighted by atomic mass is 15.2. The summed E-state index contributed by atoms with van der Waals surface area (Å²) in [6.45, 7) is 7.87. The zero-order valence-corrected chi connectivity index (χ0v) is 10.7. The van der Waals surface area contributed by atoms with Gasteiger partial charge >= 0.3 is 0 Å². The summed E-state index contributed by atoms with van der Waals surface area (Å²) < 4.78 is 0. The molecule has 0 aromatic heterocycles. The van der Waals surface area contributed by atoms with Crippen LogP contribution in [0.5, 0.6) is 0 Å². The molecule has 1 N–H and O–H groups in total. The lowest BCUT2D eigenvalue weighted by atomic mass is 10.0. The molecule has 0 radical (unpaired) electrons. The highest BCUT2D eigenvalue weighted by Crippen LogP contribution is 2.10. The molecule has 1 aliphatic heterocycles. The highest BCUT2D eigenvalue weighted by molar-refractivity contribution is 5.22. The van der Waals surface area contributed by atoms with E-state index in [9.17, 15) is 0 Å². The molecule has 92 valence electrons. The molecule has 1 saturated heterocycles. The summed E-state index contributed by atoms with van der Waals surface area (Å²) in [6.07, 6.45) is 3.36. The Balaban J connectivity index is 1.89. The van der Waals surface area contributed by atoms with Gasteiger partial charge in [0.15, 0.2) is 0 Å². The van der Waals surface area contributed by atoms with Crippen LogP contribution in [0.2, 0.25) is 0 Å². The lowest BCUT2D eigenvalue weighted by Crippen LogP contribution is -2.44. The molecular formula is C15H22N2. The van der Waals surface area contributed by atoms with Crippen molar-refractivity contribution >= 4 is 0 Å². The van der Waals surface area contributed by atoms with E-state index >= 15 is 0 Å². The summed E-state index contributed by atoms with van der Waals surface area (Å²) >= 11 is 0. The quantitative estimate of drug-likeness (QED) is 0.797. The molecule has 0 bridgehead atoms. The van der Waals surface area contributed by atoms with Crippen molar-refractivity contribution in [1.29, 1.82) is 0 Å². The summed E-state index contributed by atoms with van der Waals surface area (Å²) in [5, 5.41) is 3.39. The Labute approximate surface area is 104 Å². The SMILES string of the molecule is C/C=C(/Cc1ccccc1)CN1CCNCC1. The minimum absolute atomic E-state index is 1.08. The maximum atomic E-state index is 3.39. The van der Waals surface area contributed by atoms with E-state index in [1.807, 2.05) is 0 Å². The molecule has 1 heterocycles. The van der Waals surface area contributed by atoms with Crippen LogP contribution in [0.1, 0.15) is 12.5 Å². The average molecular weight is 230 g/mol. The predicted octanol–water partition coefficient (Wildman–Crippen LogP) is 2.08. The van der Waals surface area contributed by atoms with Gasteiger partial charge in [-0.05, 0) is 18.9 Å². The Morgan fingerprint density at radius 1 is 1.24 bits per heavy atom. The van der Waals surface area contributed by atoms with Gasteiger partial charge in [0.2, 0.25) is 0 Å². The van der Waals surface area contributed by atoms with Crippen LogP contribution in [0.15, 0.2) is 42.0 Å². The molecule has 2 heteroatoms. The molecule has 0 aliphatic carbocycles. The monoisotopic (exact) mass is 230 g/mol. The van der Waals surface area contributed by atoms with E-state index in [4.69, 9.17) is 0 Å². The second kappa shape index (κ2) is 6.58. The van der Waals surface area contributed by atoms with Gasteiger partial charge in [0, 0.05) is 32.7 Å². The van der Waals surface area contributed by atoms with Gasteiger partial charge in [-0.15, -0.1) is 0 Å². The van der Waals surface area contributed by atoms with Crippen molar-refractivity contribution in [2.45, 2.75) is 13.3 Å². The maximum Gasteiger partial charge on any atom is 0.0197 e. The normalized spacial score (nSPS) is 18.3. The topological polar surface area (TPSA) is 15.3 Å². The van der Waals surface area contributed by atoms with Crippen molar-refractivity contribution in [3.05, 3.63) is 47.5 Å². The zero-order valence-electron chi connectivity index (χ0n) is 10.7. The Hall–Kier alpha value is -1.12. The number of nitrogens with zero attached hydrogens (tertiary/aromatic N) is 1. The maximum absolute atomic E-state index is 3.39. The molecule has 2 nitrogen and oxygen atoms in total. The number of allylic oxidation sites excluding steroid dienone is 1. The van der Waals surface area contributed by atoms with Crippen LogP contribution >= 0.6 is 0 Å². The van der Waals surface area contributed by atoms with Gasteiger partial charge in [-0.3, -0.25) is 4.90 Å². The van der Waals surface area contributed by atoms with E-state index in [1.165, 1.54) is 24.2 Å². The first-order valence-electron chi connectivity index (χ1n) is 6.49. The molecule has 1 aromatic carbocycles. The predicted molar refractivity (Wildman–Crippen MR) is 73.2 cm³/mol. The molecule has 2 rings (SSSR count). The number of rotatable bonds is 4. The van der Waals surface area contributed by atoms with Gasteiger partial charge < -0.3 is 5.32 Å². The fraction of sp³-hybridized carbons (Fsp3) is 0.467. The molecule has 0 amide bonds. The first-order valence-corrected chi connectivity index (χ1v) is 6.49. The Morgan fingerprint density at radius 2 is 1.94 bits per heavy atom. The number of hydrogen-bond donors (Lipinski definition) is 1. The fourth-order valence-electron chi connectivity index (χ4n) is 2.26. The Morgan fingerprint density at radius 3 is 2.59 bits per heavy atom. The van der Waals surface area contributed by atoms with Gasteiger partial charge in [-0.2, -0.15) is 0 Å². The molecule has 17 heavy (non-hydrogen) atoms. The van der Waals surface area contributed by atoms with Crippen molar-refractivity contribution in [1.82, 2.24) is 10.2 Å². The molecule has 0 atom stereocenters. The summed E-state index contributed by atoms with van der Waals surface area (Å²) in [5.41, 5.74) is 2.94. The van der Waals surface area contributed by atoms with E-state index < -0.39 is 0 Å². The molecule has 1 aliphatic rings. The van der Waals surface area contributed by atoms with Crippen molar-refractivity contribution in [3.8, 4) is 0 Å². The first kappa shape index (κ1) is 12.3. The van der Waals surface area contributed by atoms with E-state index in [2.05, 4.69) is 53.5 Å². The minimum atomic E-state index is 1.08. The summed E-state index contributed by atoms with van der Waals surface area (Å²) in [4.78, 5) is 2.54. The number of benzene rings is 1. The highest BCUT2D eigenvalue weighted by Gasteiger charge is 2.10. The second-order valence-corrected chi connectivity index (χ2v) is 4.64. The van der Waals surface area contributed by atoms with Crippen LogP contribution in [-0.2, 0) is 6.42 Å². The van der Waals surface area contributed by atoms with Gasteiger partial charge in [0.25, 0.3) is 0 Å². The zero-order chi connectivity index (χ0) is 11.9. The van der Waals surface area contributed by atoms with E-state index in [0.29, 0.717) is 0 Å². The van der Waals surface area contributed by atoms with Crippen LogP contribution in [0.3, 0.4) is 0 Å². The van der Waals surface area contributed by atoms with Crippen molar-refractivity contribution in [2.24, 2.45) is 0 Å². The Bertz CT molecular complexity index is 350. The van der Waals surface area contributed by atoms with Crippen molar-refractivity contribution < 1.29 is 0 Å². The van der Waals surface area contributed by atoms with Gasteiger partial charge in [0.05, 0.1) is 0 Å². The molecule has 1 aromatic rings. The van der Waals surface area contributed by atoms with Crippen molar-refractivity contribution in [3.63, 3.8) is 0 Å². The van der Waals surface area contributed by atoms with E-state index in [-0.39, 0.29) is 0 Å². The standard InChI is InChI=1S/C15H22N2/c1-2-14(12-15-6-4-3-5-7-15)13-17-10-8-16-9-11-17/h2-7,16H,8-13H2,1H3/b14-2-. The molecule has 0 saturated carbocycles. The molecule has 0 spiro atoms. The first-order chi connectivity index (χ1) is 8.38. The van der Waals surface area contributed by atoms with Crippen molar-refractivity contribution in [2.75, 3.05) is 32.7 Å². The van der Waals surface area contributed by atoms with Crippen LogP contribution in [-0.4, -0.2) is 37.6 Å². The van der Waals surface area contributed by atoms with E-state index in [0.717, 1.165) is 26.1 Å². The van der Waals surface area contributed by atoms with Gasteiger partial charge in [-0.25, -0.2) is 0 Å². The fourth-order valence-corrected chi connectivity index (χ4v) is 2.26. The van der Waals surface area contributed by atoms with E-state index in [1.54, 1.807) is 0 Å². The van der Waals surface area contributed by atoms with Gasteiger partial charge in [0.1, 0.15) is 0 Å². The molecule has 1 fully saturated rings. The summed E-state index contributed by atoms with van der Waals surface area (Å²) in [6, 6.07) is 10.7. The number of hydrogen-bond acceptors (Lipinski definition) is 2. The van der Waals surface area contributed by atoms with Crippen LogP contribution in [0.4, 0.5) is 0 Å². The summed E-state index contributed by atoms with van der Waals surface area (Å²) in [5.74, 6) is 0. The van der Waals surface area contributed by atoms with Crippen LogP contribution < -0.4 is 5.32 Å². The third kappa shape index (κ3) is 3.99. The minimum Gasteiger partial charge on any atom is -0.314 e.